The number of Topliss-reactive ketones (excluding diaryl/α,β-unsaturated/α-hetero) is 2. The third kappa shape index (κ3) is 11.7. The van der Waals surface area contributed by atoms with Crippen LogP contribution in [0.15, 0.2) is 12.2 Å². The number of allylic oxidation sites excluding steroid dienone is 2. The zero-order chi connectivity index (χ0) is 21.3. The van der Waals surface area contributed by atoms with E-state index in [4.69, 9.17) is 5.11 Å². The maximum atomic E-state index is 11.9. The topological polar surface area (TPSA) is 94.8 Å². The Morgan fingerprint density at radius 3 is 1.79 bits per heavy atom. The standard InChI is InChI=1S/C23H42O5/c1-3-4-5-6-7-8-9-10-11-12-13-14-15-16-17-18-21(26)22(27)23(28,19-24)20(2)25/h10-11,22,24,27-28H,3-9,12-19H2,1-2H3/b11-10-. The molecule has 28 heavy (non-hydrogen) atoms. The summed E-state index contributed by atoms with van der Waals surface area (Å²) in [5, 5.41) is 28.8. The molecule has 0 aromatic heterocycles. The number of rotatable bonds is 19. The third-order valence-electron chi connectivity index (χ3n) is 5.29. The number of unbranched alkanes of at least 4 members (excludes halogenated alkanes) is 11. The molecular formula is C23H42O5. The van der Waals surface area contributed by atoms with Crippen LogP contribution in [0.2, 0.25) is 0 Å². The summed E-state index contributed by atoms with van der Waals surface area (Å²) in [7, 11) is 0. The minimum atomic E-state index is -2.38. The summed E-state index contributed by atoms with van der Waals surface area (Å²) in [6, 6.07) is 0. The Morgan fingerprint density at radius 1 is 0.857 bits per heavy atom. The minimum absolute atomic E-state index is 0.106. The fourth-order valence-corrected chi connectivity index (χ4v) is 3.16. The lowest BCUT2D eigenvalue weighted by Crippen LogP contribution is -2.55. The Morgan fingerprint density at radius 2 is 1.32 bits per heavy atom. The molecule has 0 heterocycles. The molecule has 2 unspecified atom stereocenters. The second-order valence-electron chi connectivity index (χ2n) is 7.84. The first kappa shape index (κ1) is 27.0. The molecule has 0 saturated heterocycles. The van der Waals surface area contributed by atoms with Gasteiger partial charge in [-0.2, -0.15) is 0 Å². The van der Waals surface area contributed by atoms with Crippen LogP contribution in [0.4, 0.5) is 0 Å². The summed E-state index contributed by atoms with van der Waals surface area (Å²) < 4.78 is 0. The molecule has 3 N–H and O–H groups in total. The molecule has 0 aliphatic heterocycles. The van der Waals surface area contributed by atoms with Crippen molar-refractivity contribution in [3.05, 3.63) is 12.2 Å². The van der Waals surface area contributed by atoms with Gasteiger partial charge in [0.25, 0.3) is 0 Å². The molecule has 5 heteroatoms. The SMILES string of the molecule is CCCCCCCC/C=C\CCCCCCCC(=O)C(O)C(O)(CO)C(C)=O. The number of aliphatic hydroxyl groups is 3. The molecular weight excluding hydrogens is 356 g/mol. The molecule has 0 rings (SSSR count). The monoisotopic (exact) mass is 398 g/mol. The van der Waals surface area contributed by atoms with Gasteiger partial charge < -0.3 is 15.3 Å². The Balaban J connectivity index is 3.63. The molecule has 0 aliphatic rings. The lowest BCUT2D eigenvalue weighted by molar-refractivity contribution is -0.164. The summed E-state index contributed by atoms with van der Waals surface area (Å²) in [6.07, 6.45) is 17.8. The highest BCUT2D eigenvalue weighted by molar-refractivity contribution is 5.95. The smallest absolute Gasteiger partial charge is 0.178 e. The summed E-state index contributed by atoms with van der Waals surface area (Å²) in [5.41, 5.74) is -2.38. The summed E-state index contributed by atoms with van der Waals surface area (Å²) in [4.78, 5) is 23.2. The molecule has 164 valence electrons. The van der Waals surface area contributed by atoms with Gasteiger partial charge in [-0.05, 0) is 39.0 Å². The molecule has 5 nitrogen and oxygen atoms in total. The van der Waals surface area contributed by atoms with Crippen molar-refractivity contribution in [2.45, 2.75) is 115 Å². The van der Waals surface area contributed by atoms with Crippen LogP contribution in [0.5, 0.6) is 0 Å². The van der Waals surface area contributed by atoms with Gasteiger partial charge >= 0.3 is 0 Å². The van der Waals surface area contributed by atoms with Crippen molar-refractivity contribution in [3.8, 4) is 0 Å². The van der Waals surface area contributed by atoms with Crippen LogP contribution < -0.4 is 0 Å². The zero-order valence-electron chi connectivity index (χ0n) is 18.0. The van der Waals surface area contributed by atoms with Crippen molar-refractivity contribution in [3.63, 3.8) is 0 Å². The second-order valence-corrected chi connectivity index (χ2v) is 7.84. The van der Waals surface area contributed by atoms with E-state index in [9.17, 15) is 19.8 Å². The van der Waals surface area contributed by atoms with Gasteiger partial charge in [-0.1, -0.05) is 70.4 Å². The molecule has 0 radical (unpaired) electrons. The van der Waals surface area contributed by atoms with E-state index in [0.717, 1.165) is 39.0 Å². The second kappa shape index (κ2) is 16.9. The van der Waals surface area contributed by atoms with E-state index in [1.807, 2.05) is 0 Å². The fourth-order valence-electron chi connectivity index (χ4n) is 3.16. The van der Waals surface area contributed by atoms with Crippen molar-refractivity contribution >= 4 is 11.6 Å². The van der Waals surface area contributed by atoms with E-state index >= 15 is 0 Å². The Labute approximate surface area is 171 Å². The maximum absolute atomic E-state index is 11.9. The molecule has 0 aliphatic carbocycles. The first-order valence-electron chi connectivity index (χ1n) is 11.1. The summed E-state index contributed by atoms with van der Waals surface area (Å²) >= 11 is 0. The van der Waals surface area contributed by atoms with Crippen LogP contribution in [0, 0.1) is 0 Å². The Hall–Kier alpha value is -1.04. The van der Waals surface area contributed by atoms with Crippen LogP contribution in [-0.2, 0) is 9.59 Å². The fraction of sp³-hybridized carbons (Fsp3) is 0.826. The molecule has 0 saturated carbocycles. The molecule has 2 atom stereocenters. The van der Waals surface area contributed by atoms with Crippen LogP contribution in [0.25, 0.3) is 0 Å². The zero-order valence-corrected chi connectivity index (χ0v) is 18.0. The summed E-state index contributed by atoms with van der Waals surface area (Å²) in [5.74, 6) is -1.40. The van der Waals surface area contributed by atoms with Gasteiger partial charge in [-0.15, -0.1) is 0 Å². The van der Waals surface area contributed by atoms with Gasteiger partial charge in [-0.3, -0.25) is 9.59 Å². The molecule has 0 aromatic rings. The first-order chi connectivity index (χ1) is 13.4. The van der Waals surface area contributed by atoms with Crippen LogP contribution >= 0.6 is 0 Å². The number of carbonyl (C=O) groups is 2. The first-order valence-corrected chi connectivity index (χ1v) is 11.1. The number of hydrogen-bond acceptors (Lipinski definition) is 5. The third-order valence-corrected chi connectivity index (χ3v) is 5.29. The van der Waals surface area contributed by atoms with E-state index in [0.29, 0.717) is 6.42 Å². The summed E-state index contributed by atoms with van der Waals surface area (Å²) in [6.45, 7) is 2.33. The van der Waals surface area contributed by atoms with E-state index in [2.05, 4.69) is 19.1 Å². The number of ketones is 2. The van der Waals surface area contributed by atoms with Gasteiger partial charge in [0.1, 0.15) is 0 Å². The molecule has 0 bridgehead atoms. The van der Waals surface area contributed by atoms with Gasteiger partial charge in [0.2, 0.25) is 0 Å². The van der Waals surface area contributed by atoms with E-state index in [1.54, 1.807) is 0 Å². The number of aliphatic hydroxyl groups excluding tert-OH is 2. The van der Waals surface area contributed by atoms with E-state index < -0.39 is 29.9 Å². The molecule has 0 fully saturated rings. The lowest BCUT2D eigenvalue weighted by atomic mass is 9.89. The van der Waals surface area contributed by atoms with E-state index in [-0.39, 0.29) is 6.42 Å². The van der Waals surface area contributed by atoms with Crippen LogP contribution in [0.1, 0.15) is 104 Å². The van der Waals surface area contributed by atoms with Crippen molar-refractivity contribution in [1.29, 1.82) is 0 Å². The maximum Gasteiger partial charge on any atom is 0.178 e. The Kier molecular flexibility index (Phi) is 16.2. The largest absolute Gasteiger partial charge is 0.393 e. The molecule has 0 spiro atoms. The Bertz CT molecular complexity index is 446. The molecule has 0 aromatic carbocycles. The van der Waals surface area contributed by atoms with Crippen molar-refractivity contribution in [1.82, 2.24) is 0 Å². The van der Waals surface area contributed by atoms with Gasteiger partial charge in [0.15, 0.2) is 23.3 Å². The predicted molar refractivity (Wildman–Crippen MR) is 113 cm³/mol. The normalized spacial score (nSPS) is 14.9. The number of hydrogen-bond donors (Lipinski definition) is 3. The highest BCUT2D eigenvalue weighted by Crippen LogP contribution is 2.16. The van der Waals surface area contributed by atoms with Crippen molar-refractivity contribution in [2.75, 3.05) is 6.61 Å². The minimum Gasteiger partial charge on any atom is -0.393 e. The predicted octanol–water partition coefficient (Wildman–Crippen LogP) is 4.27. The van der Waals surface area contributed by atoms with Gasteiger partial charge in [-0.25, -0.2) is 0 Å². The van der Waals surface area contributed by atoms with Crippen molar-refractivity contribution in [2.24, 2.45) is 0 Å². The highest BCUT2D eigenvalue weighted by Gasteiger charge is 2.43. The van der Waals surface area contributed by atoms with Gasteiger partial charge in [0.05, 0.1) is 6.61 Å². The average molecular weight is 399 g/mol. The quantitative estimate of drug-likeness (QED) is 0.223. The van der Waals surface area contributed by atoms with E-state index in [1.165, 1.54) is 44.9 Å². The molecule has 0 amide bonds. The van der Waals surface area contributed by atoms with Crippen molar-refractivity contribution < 1.29 is 24.9 Å². The highest BCUT2D eigenvalue weighted by atomic mass is 16.4. The van der Waals surface area contributed by atoms with Gasteiger partial charge in [0, 0.05) is 6.42 Å². The number of carbonyl (C=O) groups excluding carboxylic acids is 2. The van der Waals surface area contributed by atoms with Crippen LogP contribution in [-0.4, -0.2) is 45.2 Å². The van der Waals surface area contributed by atoms with Crippen LogP contribution in [0.3, 0.4) is 0 Å². The lowest BCUT2D eigenvalue weighted by Gasteiger charge is -2.27. The average Bonchev–Trinajstić information content (AvgIpc) is 2.69.